The first-order valence-corrected chi connectivity index (χ1v) is 10.00. The number of carbonyl (C=O) groups excluding carboxylic acids is 3. The summed E-state index contributed by atoms with van der Waals surface area (Å²) in [6.07, 6.45) is 6.00. The largest absolute Gasteiger partial charge is 0.446 e. The molecule has 1 N–H and O–H groups in total. The Labute approximate surface area is 180 Å². The second-order valence-electron chi connectivity index (χ2n) is 7.23. The minimum atomic E-state index is -4.43. The summed E-state index contributed by atoms with van der Waals surface area (Å²) < 4.78 is 37.6. The van der Waals surface area contributed by atoms with Crippen molar-refractivity contribution in [2.45, 2.75) is 36.2 Å². The predicted molar refractivity (Wildman–Crippen MR) is 110 cm³/mol. The number of halogens is 3. The number of amides is 4. The first kappa shape index (κ1) is 22.6. The van der Waals surface area contributed by atoms with E-state index in [1.54, 1.807) is 26.1 Å². The second-order valence-corrected chi connectivity index (χ2v) is 8.37. The zero-order chi connectivity index (χ0) is 22.8. The van der Waals surface area contributed by atoms with Gasteiger partial charge in [-0.15, -0.1) is 0 Å². The summed E-state index contributed by atoms with van der Waals surface area (Å²) >= 11 is -0.272. The van der Waals surface area contributed by atoms with E-state index in [1.165, 1.54) is 29.2 Å². The van der Waals surface area contributed by atoms with Crippen LogP contribution in [0.4, 0.5) is 23.7 Å². The van der Waals surface area contributed by atoms with Crippen LogP contribution in [0.2, 0.25) is 0 Å². The predicted octanol–water partition coefficient (Wildman–Crippen LogP) is 3.83. The molecule has 0 saturated carbocycles. The van der Waals surface area contributed by atoms with Crippen molar-refractivity contribution in [2.24, 2.45) is 4.99 Å². The fraction of sp³-hybridized carbons (Fsp3) is 0.300. The van der Waals surface area contributed by atoms with E-state index in [-0.39, 0.29) is 28.9 Å². The lowest BCUT2D eigenvalue weighted by Crippen LogP contribution is -2.45. The third kappa shape index (κ3) is 4.98. The Kier molecular flexibility index (Phi) is 6.25. The maximum atomic E-state index is 13.1. The Morgan fingerprint density at radius 2 is 1.90 bits per heavy atom. The van der Waals surface area contributed by atoms with Gasteiger partial charge in [-0.1, -0.05) is 6.08 Å². The van der Waals surface area contributed by atoms with E-state index in [4.69, 9.17) is 0 Å². The Balaban J connectivity index is 1.84. The molecule has 0 bridgehead atoms. The first-order valence-electron chi connectivity index (χ1n) is 9.18. The molecule has 0 unspecified atom stereocenters. The first-order chi connectivity index (χ1) is 14.5. The highest BCUT2D eigenvalue weighted by atomic mass is 32.2. The monoisotopic (exact) mass is 452 g/mol. The molecular weight excluding hydrogens is 433 g/mol. The molecule has 4 amide bonds. The van der Waals surface area contributed by atoms with Gasteiger partial charge in [0.15, 0.2) is 0 Å². The van der Waals surface area contributed by atoms with Crippen molar-refractivity contribution in [2.75, 3.05) is 11.4 Å². The van der Waals surface area contributed by atoms with Gasteiger partial charge in [-0.3, -0.25) is 9.59 Å². The van der Waals surface area contributed by atoms with Crippen LogP contribution < -0.4 is 10.2 Å². The molecule has 2 aliphatic heterocycles. The van der Waals surface area contributed by atoms with Crippen LogP contribution in [-0.2, 0) is 9.59 Å². The standard InChI is InChI=1S/C20H19F3N4O3S/c1-19(2)17(29)27(14-5-7-15(8-6-14)31-20(21,22)23)18(30)26(19)11-13-4-3-9-24-16(10-13)25-12-28/h4-10,12H,3,11H2,1-2H3,(H,25,28). The molecule has 31 heavy (non-hydrogen) atoms. The van der Waals surface area contributed by atoms with Crippen molar-refractivity contribution in [3.05, 3.63) is 47.8 Å². The van der Waals surface area contributed by atoms with Crippen LogP contribution >= 0.6 is 11.8 Å². The van der Waals surface area contributed by atoms with Crippen molar-refractivity contribution < 1.29 is 27.6 Å². The smallest absolute Gasteiger partial charge is 0.313 e. The van der Waals surface area contributed by atoms with E-state index >= 15 is 0 Å². The minimum absolute atomic E-state index is 0.0459. The molecule has 0 radical (unpaired) electrons. The van der Waals surface area contributed by atoms with Crippen molar-refractivity contribution in [1.29, 1.82) is 0 Å². The molecular formula is C20H19F3N4O3S. The van der Waals surface area contributed by atoms with E-state index in [0.29, 0.717) is 24.2 Å². The van der Waals surface area contributed by atoms with Gasteiger partial charge in [-0.2, -0.15) is 13.2 Å². The molecule has 0 aliphatic carbocycles. The summed E-state index contributed by atoms with van der Waals surface area (Å²) in [6.45, 7) is 3.29. The molecule has 2 heterocycles. The zero-order valence-electron chi connectivity index (χ0n) is 16.6. The number of hydrogen-bond donors (Lipinski definition) is 1. The molecule has 7 nitrogen and oxygen atoms in total. The SMILES string of the molecule is CC1(C)C(=O)N(c2ccc(SC(F)(F)F)cc2)C(=O)N1CC1=CCC=NC(NC=O)=C1. The average Bonchev–Trinajstić information content (AvgIpc) is 2.84. The fourth-order valence-corrected chi connectivity index (χ4v) is 3.72. The number of nitrogens with one attached hydrogen (secondary N) is 1. The Morgan fingerprint density at radius 1 is 1.23 bits per heavy atom. The molecule has 0 atom stereocenters. The molecule has 1 aromatic carbocycles. The number of anilines is 1. The summed E-state index contributed by atoms with van der Waals surface area (Å²) in [4.78, 5) is 43.2. The maximum Gasteiger partial charge on any atom is 0.446 e. The average molecular weight is 452 g/mol. The number of benzene rings is 1. The highest BCUT2D eigenvalue weighted by Crippen LogP contribution is 2.38. The van der Waals surface area contributed by atoms with E-state index in [2.05, 4.69) is 10.3 Å². The highest BCUT2D eigenvalue weighted by Gasteiger charge is 2.51. The Bertz CT molecular complexity index is 984. The van der Waals surface area contributed by atoms with Gasteiger partial charge in [0.05, 0.1) is 5.69 Å². The number of nitrogens with zero attached hydrogens (tertiary/aromatic N) is 3. The number of thioether (sulfide) groups is 1. The number of carbonyl (C=O) groups is 3. The Morgan fingerprint density at radius 3 is 2.52 bits per heavy atom. The molecule has 1 saturated heterocycles. The van der Waals surface area contributed by atoms with Crippen molar-refractivity contribution >= 4 is 42.0 Å². The van der Waals surface area contributed by atoms with Crippen molar-refractivity contribution in [3.8, 4) is 0 Å². The van der Waals surface area contributed by atoms with Crippen LogP contribution in [-0.4, -0.2) is 47.1 Å². The number of urea groups is 1. The van der Waals surface area contributed by atoms with Crippen molar-refractivity contribution in [3.63, 3.8) is 0 Å². The van der Waals surface area contributed by atoms with Gasteiger partial charge in [-0.05, 0) is 61.5 Å². The van der Waals surface area contributed by atoms with E-state index in [9.17, 15) is 27.6 Å². The lowest BCUT2D eigenvalue weighted by atomic mass is 10.0. The van der Waals surface area contributed by atoms with Crippen LogP contribution in [0.1, 0.15) is 20.3 Å². The number of allylic oxidation sites excluding steroid dienone is 1. The lowest BCUT2D eigenvalue weighted by molar-refractivity contribution is -0.123. The van der Waals surface area contributed by atoms with Gasteiger partial charge in [0.2, 0.25) is 6.41 Å². The fourth-order valence-electron chi connectivity index (χ4n) is 3.18. The van der Waals surface area contributed by atoms with E-state index in [0.717, 1.165) is 4.90 Å². The molecule has 1 fully saturated rings. The van der Waals surface area contributed by atoms with E-state index < -0.39 is 23.0 Å². The molecule has 1 aromatic rings. The number of rotatable bonds is 6. The molecule has 0 aromatic heterocycles. The quantitative estimate of drug-likeness (QED) is 0.404. The van der Waals surface area contributed by atoms with Crippen molar-refractivity contribution in [1.82, 2.24) is 10.2 Å². The lowest BCUT2D eigenvalue weighted by Gasteiger charge is -2.28. The highest BCUT2D eigenvalue weighted by molar-refractivity contribution is 8.00. The third-order valence-electron chi connectivity index (χ3n) is 4.74. The summed E-state index contributed by atoms with van der Waals surface area (Å²) in [5, 5.41) is 2.45. The normalized spacial score (nSPS) is 18.6. The summed E-state index contributed by atoms with van der Waals surface area (Å²) in [5.41, 5.74) is -4.75. The molecule has 164 valence electrons. The number of aliphatic imine (C=N–C) groups is 1. The number of hydrogen-bond acceptors (Lipinski definition) is 5. The molecule has 0 spiro atoms. The van der Waals surface area contributed by atoms with Gasteiger partial charge >= 0.3 is 11.5 Å². The summed E-state index contributed by atoms with van der Waals surface area (Å²) in [7, 11) is 0. The molecule has 3 rings (SSSR count). The zero-order valence-corrected chi connectivity index (χ0v) is 17.5. The topological polar surface area (TPSA) is 82.1 Å². The van der Waals surface area contributed by atoms with Crippen LogP contribution in [0.15, 0.2) is 57.7 Å². The summed E-state index contributed by atoms with van der Waals surface area (Å²) in [6, 6.07) is 4.47. The van der Waals surface area contributed by atoms with E-state index in [1.807, 2.05) is 6.08 Å². The summed E-state index contributed by atoms with van der Waals surface area (Å²) in [5.74, 6) is -0.182. The van der Waals surface area contributed by atoms with Crippen LogP contribution in [0.5, 0.6) is 0 Å². The van der Waals surface area contributed by atoms with Gasteiger partial charge in [0.25, 0.3) is 5.91 Å². The maximum absolute atomic E-state index is 13.1. The van der Waals surface area contributed by atoms with Gasteiger partial charge in [0.1, 0.15) is 11.4 Å². The van der Waals surface area contributed by atoms with Crippen LogP contribution in [0, 0.1) is 0 Å². The van der Waals surface area contributed by atoms with Crippen LogP contribution in [0.3, 0.4) is 0 Å². The van der Waals surface area contributed by atoms with Gasteiger partial charge in [0, 0.05) is 24.1 Å². The third-order valence-corrected chi connectivity index (χ3v) is 5.48. The number of alkyl halides is 3. The van der Waals surface area contributed by atoms with Crippen LogP contribution in [0.25, 0.3) is 0 Å². The molecule has 11 heteroatoms. The Hall–Kier alpha value is -3.08. The number of imide groups is 1. The van der Waals surface area contributed by atoms with Gasteiger partial charge < -0.3 is 10.2 Å². The minimum Gasteiger partial charge on any atom is -0.313 e. The molecule has 2 aliphatic rings. The van der Waals surface area contributed by atoms with Gasteiger partial charge in [-0.25, -0.2) is 14.7 Å². The second kappa shape index (κ2) is 8.58.